The van der Waals surface area contributed by atoms with Crippen molar-refractivity contribution in [1.82, 2.24) is 9.62 Å². The second-order valence-electron chi connectivity index (χ2n) is 6.72. The molecule has 1 aromatic rings. The van der Waals surface area contributed by atoms with E-state index in [-0.39, 0.29) is 17.2 Å². The normalized spacial score (nSPS) is 20.0. The zero-order valence-electron chi connectivity index (χ0n) is 13.9. The monoisotopic (exact) mass is 366 g/mol. The van der Waals surface area contributed by atoms with Crippen LogP contribution in [0.2, 0.25) is 0 Å². The molecule has 3 rings (SSSR count). The Morgan fingerprint density at radius 2 is 1.68 bits per heavy atom. The molecule has 2 N–H and O–H groups in total. The van der Waals surface area contributed by atoms with E-state index in [0.717, 1.165) is 19.3 Å². The lowest BCUT2D eigenvalue weighted by Crippen LogP contribution is -2.43. The Hall–Kier alpha value is -1.93. The average molecular weight is 366 g/mol. The molecule has 8 heteroatoms. The zero-order valence-corrected chi connectivity index (χ0v) is 14.7. The van der Waals surface area contributed by atoms with Gasteiger partial charge >= 0.3 is 5.97 Å². The van der Waals surface area contributed by atoms with Gasteiger partial charge in [-0.3, -0.25) is 4.79 Å². The van der Waals surface area contributed by atoms with Crippen molar-refractivity contribution in [2.45, 2.75) is 49.0 Å². The summed E-state index contributed by atoms with van der Waals surface area (Å²) in [6.45, 7) is 1.09. The third-order valence-corrected chi connectivity index (χ3v) is 6.69. The minimum absolute atomic E-state index is 0.0269. The second-order valence-corrected chi connectivity index (χ2v) is 8.66. The lowest BCUT2D eigenvalue weighted by molar-refractivity contribution is -0.143. The van der Waals surface area contributed by atoms with Crippen molar-refractivity contribution in [1.29, 1.82) is 0 Å². The van der Waals surface area contributed by atoms with E-state index in [2.05, 4.69) is 5.32 Å². The van der Waals surface area contributed by atoms with Gasteiger partial charge in [0.25, 0.3) is 0 Å². The molecule has 0 unspecified atom stereocenters. The summed E-state index contributed by atoms with van der Waals surface area (Å²) in [6.07, 6.45) is 3.73. The smallest absolute Gasteiger partial charge is 0.329 e. The number of carboxylic acid groups (broad SMARTS) is 1. The predicted molar refractivity (Wildman–Crippen MR) is 90.5 cm³/mol. The maximum atomic E-state index is 12.6. The fraction of sp³-hybridized carbons (Fsp3) is 0.529. The van der Waals surface area contributed by atoms with Gasteiger partial charge in [0, 0.05) is 13.1 Å². The molecule has 1 aliphatic heterocycles. The van der Waals surface area contributed by atoms with Crippen molar-refractivity contribution in [3.8, 4) is 0 Å². The molecule has 0 aromatic heterocycles. The third kappa shape index (κ3) is 3.85. The van der Waals surface area contributed by atoms with E-state index in [4.69, 9.17) is 5.11 Å². The summed E-state index contributed by atoms with van der Waals surface area (Å²) in [5.74, 6) is -1.38. The number of hydrogen-bond acceptors (Lipinski definition) is 4. The van der Waals surface area contributed by atoms with Crippen LogP contribution >= 0.6 is 0 Å². The second kappa shape index (κ2) is 6.76. The molecule has 1 amide bonds. The maximum absolute atomic E-state index is 12.6. The van der Waals surface area contributed by atoms with Gasteiger partial charge in [0.05, 0.1) is 11.3 Å². The number of carbonyl (C=O) groups excluding carboxylic acids is 1. The van der Waals surface area contributed by atoms with E-state index in [1.54, 1.807) is 12.1 Å². The summed E-state index contributed by atoms with van der Waals surface area (Å²) < 4.78 is 26.6. The summed E-state index contributed by atoms with van der Waals surface area (Å²) in [6, 6.07) is 6.24. The van der Waals surface area contributed by atoms with Gasteiger partial charge in [0.2, 0.25) is 15.9 Å². The van der Waals surface area contributed by atoms with E-state index < -0.39 is 21.5 Å². The summed E-state index contributed by atoms with van der Waals surface area (Å²) >= 11 is 0. The van der Waals surface area contributed by atoms with Crippen LogP contribution in [0.15, 0.2) is 29.2 Å². The van der Waals surface area contributed by atoms with Crippen LogP contribution in [0, 0.1) is 0 Å². The van der Waals surface area contributed by atoms with Gasteiger partial charge in [-0.15, -0.1) is 0 Å². The first kappa shape index (κ1) is 17.9. The highest BCUT2D eigenvalue weighted by Gasteiger charge is 2.51. The molecule has 1 saturated heterocycles. The van der Waals surface area contributed by atoms with Crippen molar-refractivity contribution in [3.05, 3.63) is 29.8 Å². The van der Waals surface area contributed by atoms with Gasteiger partial charge in [0.15, 0.2) is 0 Å². The number of piperidine rings is 1. The summed E-state index contributed by atoms with van der Waals surface area (Å²) in [5.41, 5.74) is -0.453. The molecule has 7 nitrogen and oxygen atoms in total. The van der Waals surface area contributed by atoms with Gasteiger partial charge in [-0.25, -0.2) is 13.2 Å². The molecule has 0 atom stereocenters. The van der Waals surface area contributed by atoms with Gasteiger partial charge < -0.3 is 10.4 Å². The van der Waals surface area contributed by atoms with Crippen LogP contribution in [-0.2, 0) is 26.0 Å². The molecule has 0 bridgehead atoms. The highest BCUT2D eigenvalue weighted by molar-refractivity contribution is 7.89. The number of carbonyl (C=O) groups is 2. The molecule has 0 radical (unpaired) electrons. The fourth-order valence-electron chi connectivity index (χ4n) is 3.05. The average Bonchev–Trinajstić information content (AvgIpc) is 3.37. The third-order valence-electron chi connectivity index (χ3n) is 4.78. The van der Waals surface area contributed by atoms with E-state index in [1.165, 1.54) is 16.4 Å². The summed E-state index contributed by atoms with van der Waals surface area (Å²) in [4.78, 5) is 23.3. The molecule has 2 fully saturated rings. The molecule has 1 heterocycles. The molecule has 2 aliphatic rings. The predicted octanol–water partition coefficient (Wildman–Crippen LogP) is 1.14. The molecule has 0 spiro atoms. The van der Waals surface area contributed by atoms with Crippen LogP contribution in [0.4, 0.5) is 0 Å². The minimum Gasteiger partial charge on any atom is -0.480 e. The first-order valence-electron chi connectivity index (χ1n) is 8.47. The Balaban J connectivity index is 1.64. The highest BCUT2D eigenvalue weighted by atomic mass is 32.2. The summed E-state index contributed by atoms with van der Waals surface area (Å²) in [7, 11) is -3.48. The van der Waals surface area contributed by atoms with Crippen molar-refractivity contribution in [2.75, 3.05) is 13.1 Å². The Labute approximate surface area is 147 Å². The van der Waals surface area contributed by atoms with Crippen LogP contribution in [0.25, 0.3) is 0 Å². The SMILES string of the molecule is O=C(Cc1ccc(S(=O)(=O)N2CCCCC2)cc1)NC1(C(=O)O)CC1. The van der Waals surface area contributed by atoms with Gasteiger partial charge in [-0.05, 0) is 43.4 Å². The van der Waals surface area contributed by atoms with Crippen molar-refractivity contribution >= 4 is 21.9 Å². The Bertz CT molecular complexity index is 763. The molecular weight excluding hydrogens is 344 g/mol. The fourth-order valence-corrected chi connectivity index (χ4v) is 4.56. The first-order chi connectivity index (χ1) is 11.8. The highest BCUT2D eigenvalue weighted by Crippen LogP contribution is 2.35. The van der Waals surface area contributed by atoms with Crippen molar-refractivity contribution in [3.63, 3.8) is 0 Å². The summed E-state index contributed by atoms with van der Waals surface area (Å²) in [5, 5.41) is 11.6. The van der Waals surface area contributed by atoms with Crippen LogP contribution in [0.3, 0.4) is 0 Å². The standard InChI is InChI=1S/C17H22N2O5S/c20-15(18-17(8-9-17)16(21)22)12-13-4-6-14(7-5-13)25(23,24)19-10-2-1-3-11-19/h4-7H,1-3,8-12H2,(H,18,20)(H,21,22). The number of sulfonamides is 1. The van der Waals surface area contributed by atoms with E-state index in [1.807, 2.05) is 0 Å². The minimum atomic E-state index is -3.48. The zero-order chi connectivity index (χ0) is 18.1. The first-order valence-corrected chi connectivity index (χ1v) is 9.91. The Morgan fingerprint density at radius 3 is 2.20 bits per heavy atom. The number of nitrogens with one attached hydrogen (secondary N) is 1. The molecule has 1 aliphatic carbocycles. The molecule has 136 valence electrons. The number of carboxylic acids is 1. The van der Waals surface area contributed by atoms with Gasteiger partial charge in [-0.1, -0.05) is 18.6 Å². The Kier molecular flexibility index (Phi) is 4.83. The van der Waals surface area contributed by atoms with E-state index in [0.29, 0.717) is 31.5 Å². The number of aliphatic carboxylic acids is 1. The lowest BCUT2D eigenvalue weighted by atomic mass is 10.1. The van der Waals surface area contributed by atoms with E-state index >= 15 is 0 Å². The maximum Gasteiger partial charge on any atom is 0.329 e. The quantitative estimate of drug-likeness (QED) is 0.786. The van der Waals surface area contributed by atoms with Crippen molar-refractivity contribution in [2.24, 2.45) is 0 Å². The molecular formula is C17H22N2O5S. The van der Waals surface area contributed by atoms with Gasteiger partial charge in [0.1, 0.15) is 5.54 Å². The van der Waals surface area contributed by atoms with Crippen LogP contribution in [0.1, 0.15) is 37.7 Å². The topological polar surface area (TPSA) is 104 Å². The molecule has 1 saturated carbocycles. The number of amides is 1. The van der Waals surface area contributed by atoms with Crippen molar-refractivity contribution < 1.29 is 23.1 Å². The largest absolute Gasteiger partial charge is 0.480 e. The number of hydrogen-bond donors (Lipinski definition) is 2. The van der Waals surface area contributed by atoms with Gasteiger partial charge in [-0.2, -0.15) is 4.31 Å². The Morgan fingerprint density at radius 1 is 1.08 bits per heavy atom. The molecule has 25 heavy (non-hydrogen) atoms. The van der Waals surface area contributed by atoms with Crippen LogP contribution in [-0.4, -0.2) is 48.3 Å². The number of rotatable bonds is 6. The number of benzene rings is 1. The van der Waals surface area contributed by atoms with E-state index in [9.17, 15) is 18.0 Å². The van der Waals surface area contributed by atoms with Crippen LogP contribution in [0.5, 0.6) is 0 Å². The molecule has 1 aromatic carbocycles. The number of nitrogens with zero attached hydrogens (tertiary/aromatic N) is 1. The lowest BCUT2D eigenvalue weighted by Gasteiger charge is -2.25. The van der Waals surface area contributed by atoms with Crippen LogP contribution < -0.4 is 5.32 Å².